The van der Waals surface area contributed by atoms with Gasteiger partial charge in [-0.2, -0.15) is 0 Å². The summed E-state index contributed by atoms with van der Waals surface area (Å²) in [6.07, 6.45) is 0.489. The maximum absolute atomic E-state index is 13.5. The Morgan fingerprint density at radius 1 is 1.53 bits per heavy atom. The molecular weight excluding hydrogens is 197 g/mol. The Morgan fingerprint density at radius 3 is 2.87 bits per heavy atom. The molecule has 2 aromatic rings. The van der Waals surface area contributed by atoms with Gasteiger partial charge >= 0.3 is 5.97 Å². The summed E-state index contributed by atoms with van der Waals surface area (Å²) in [5.74, 6) is -1.43. The van der Waals surface area contributed by atoms with Crippen LogP contribution in [0.2, 0.25) is 0 Å². The van der Waals surface area contributed by atoms with Gasteiger partial charge in [0, 0.05) is 10.9 Å². The number of carboxylic acid groups (broad SMARTS) is 1. The van der Waals surface area contributed by atoms with E-state index in [2.05, 4.69) is 4.98 Å². The number of carboxylic acids is 1. The summed E-state index contributed by atoms with van der Waals surface area (Å²) in [6, 6.07) is 4.56. The lowest BCUT2D eigenvalue weighted by Gasteiger charge is -1.96. The molecule has 0 atom stereocenters. The molecule has 4 heteroatoms. The molecule has 0 saturated carbocycles. The average molecular weight is 207 g/mol. The van der Waals surface area contributed by atoms with Crippen molar-refractivity contribution in [2.45, 2.75) is 13.3 Å². The number of halogens is 1. The van der Waals surface area contributed by atoms with Gasteiger partial charge in [0.25, 0.3) is 0 Å². The van der Waals surface area contributed by atoms with E-state index in [0.29, 0.717) is 22.9 Å². The molecule has 1 heterocycles. The minimum Gasteiger partial charge on any atom is -0.477 e. The molecule has 1 aromatic carbocycles. The van der Waals surface area contributed by atoms with Gasteiger partial charge < -0.3 is 10.1 Å². The number of hydrogen-bond acceptors (Lipinski definition) is 1. The number of aromatic carboxylic acids is 1. The molecule has 0 fully saturated rings. The van der Waals surface area contributed by atoms with Crippen molar-refractivity contribution in [2.75, 3.05) is 0 Å². The van der Waals surface area contributed by atoms with Gasteiger partial charge in [-0.1, -0.05) is 13.0 Å². The fourth-order valence-corrected chi connectivity index (χ4v) is 1.81. The first kappa shape index (κ1) is 9.71. The normalized spacial score (nSPS) is 10.8. The van der Waals surface area contributed by atoms with Gasteiger partial charge in [-0.05, 0) is 24.1 Å². The maximum Gasteiger partial charge on any atom is 0.352 e. The number of aromatic nitrogens is 1. The van der Waals surface area contributed by atoms with Crippen LogP contribution in [0.25, 0.3) is 10.9 Å². The van der Waals surface area contributed by atoms with E-state index in [4.69, 9.17) is 5.11 Å². The lowest BCUT2D eigenvalue weighted by molar-refractivity contribution is 0.0690. The van der Waals surface area contributed by atoms with E-state index in [1.54, 1.807) is 12.1 Å². The van der Waals surface area contributed by atoms with Crippen LogP contribution in [0.3, 0.4) is 0 Å². The first-order valence-electron chi connectivity index (χ1n) is 4.67. The van der Waals surface area contributed by atoms with Crippen molar-refractivity contribution in [3.63, 3.8) is 0 Å². The first-order chi connectivity index (χ1) is 7.15. The molecule has 0 radical (unpaired) electrons. The van der Waals surface area contributed by atoms with Crippen molar-refractivity contribution >= 4 is 16.9 Å². The Kier molecular flexibility index (Phi) is 2.19. The van der Waals surface area contributed by atoms with Gasteiger partial charge in [-0.15, -0.1) is 0 Å². The number of aromatic amines is 1. The third-order valence-corrected chi connectivity index (χ3v) is 2.44. The molecule has 15 heavy (non-hydrogen) atoms. The zero-order chi connectivity index (χ0) is 11.0. The van der Waals surface area contributed by atoms with E-state index in [1.807, 2.05) is 6.92 Å². The molecule has 2 N–H and O–H groups in total. The molecule has 0 spiro atoms. The van der Waals surface area contributed by atoms with Gasteiger partial charge in [0.15, 0.2) is 0 Å². The fourth-order valence-electron chi connectivity index (χ4n) is 1.81. The SMILES string of the molecule is CCc1c(C(=O)O)[nH]c2cccc(F)c12. The fraction of sp³-hybridized carbons (Fsp3) is 0.182. The molecule has 3 nitrogen and oxygen atoms in total. The standard InChI is InChI=1S/C11H10FNO2/c1-2-6-9-7(12)4-3-5-8(9)13-10(6)11(14)15/h3-5,13H,2H2,1H3,(H,14,15). The zero-order valence-electron chi connectivity index (χ0n) is 8.17. The van der Waals surface area contributed by atoms with Crippen LogP contribution < -0.4 is 0 Å². The summed E-state index contributed by atoms with van der Waals surface area (Å²) in [4.78, 5) is 13.6. The molecule has 0 aliphatic carbocycles. The van der Waals surface area contributed by atoms with Gasteiger partial charge in [0.2, 0.25) is 0 Å². The lowest BCUT2D eigenvalue weighted by atomic mass is 10.1. The van der Waals surface area contributed by atoms with Crippen LogP contribution in [0.5, 0.6) is 0 Å². The smallest absolute Gasteiger partial charge is 0.352 e. The maximum atomic E-state index is 13.5. The zero-order valence-corrected chi connectivity index (χ0v) is 8.17. The number of hydrogen-bond donors (Lipinski definition) is 2. The molecule has 1 aromatic heterocycles. The van der Waals surface area contributed by atoms with Gasteiger partial charge in [0.1, 0.15) is 11.5 Å². The highest BCUT2D eigenvalue weighted by molar-refractivity contribution is 5.97. The Hall–Kier alpha value is -1.84. The molecule has 2 rings (SSSR count). The van der Waals surface area contributed by atoms with E-state index in [9.17, 15) is 9.18 Å². The van der Waals surface area contributed by atoms with Crippen molar-refractivity contribution in [3.8, 4) is 0 Å². The van der Waals surface area contributed by atoms with Crippen molar-refractivity contribution in [1.29, 1.82) is 0 Å². The van der Waals surface area contributed by atoms with Gasteiger partial charge in [-0.3, -0.25) is 0 Å². The summed E-state index contributed by atoms with van der Waals surface area (Å²) in [5, 5.41) is 9.32. The Bertz CT molecular complexity index is 531. The van der Waals surface area contributed by atoms with E-state index >= 15 is 0 Å². The molecule has 0 unspecified atom stereocenters. The van der Waals surface area contributed by atoms with E-state index in [-0.39, 0.29) is 11.5 Å². The molecule has 0 aliphatic heterocycles. The first-order valence-corrected chi connectivity index (χ1v) is 4.67. The largest absolute Gasteiger partial charge is 0.477 e. The summed E-state index contributed by atoms with van der Waals surface area (Å²) >= 11 is 0. The molecule has 0 bridgehead atoms. The molecule has 78 valence electrons. The summed E-state index contributed by atoms with van der Waals surface area (Å²) in [6.45, 7) is 1.81. The van der Waals surface area contributed by atoms with Crippen LogP contribution in [0.15, 0.2) is 18.2 Å². The molecule has 0 amide bonds. The van der Waals surface area contributed by atoms with Crippen LogP contribution in [-0.4, -0.2) is 16.1 Å². The number of carbonyl (C=O) groups is 1. The average Bonchev–Trinajstić information content (AvgIpc) is 2.57. The predicted octanol–water partition coefficient (Wildman–Crippen LogP) is 2.57. The van der Waals surface area contributed by atoms with E-state index in [1.165, 1.54) is 6.07 Å². The number of benzene rings is 1. The second kappa shape index (κ2) is 3.38. The molecule has 0 aliphatic rings. The third-order valence-electron chi connectivity index (χ3n) is 2.44. The molecular formula is C11H10FNO2. The Balaban J connectivity index is 2.86. The number of rotatable bonds is 2. The summed E-state index contributed by atoms with van der Waals surface area (Å²) < 4.78 is 13.5. The number of H-pyrrole nitrogens is 1. The highest BCUT2D eigenvalue weighted by atomic mass is 19.1. The van der Waals surface area contributed by atoms with Crippen molar-refractivity contribution in [2.24, 2.45) is 0 Å². The van der Waals surface area contributed by atoms with Gasteiger partial charge in [0.05, 0.1) is 0 Å². The highest BCUT2D eigenvalue weighted by Crippen LogP contribution is 2.25. The van der Waals surface area contributed by atoms with Crippen molar-refractivity contribution in [3.05, 3.63) is 35.3 Å². The highest BCUT2D eigenvalue weighted by Gasteiger charge is 2.17. The van der Waals surface area contributed by atoms with E-state index in [0.717, 1.165) is 0 Å². The van der Waals surface area contributed by atoms with Crippen LogP contribution in [0, 0.1) is 5.82 Å². The number of nitrogens with one attached hydrogen (secondary N) is 1. The van der Waals surface area contributed by atoms with Crippen LogP contribution >= 0.6 is 0 Å². The third kappa shape index (κ3) is 1.38. The monoisotopic (exact) mass is 207 g/mol. The second-order valence-corrected chi connectivity index (χ2v) is 3.30. The lowest BCUT2D eigenvalue weighted by Crippen LogP contribution is -2.00. The minimum atomic E-state index is -1.05. The van der Waals surface area contributed by atoms with Crippen LogP contribution in [-0.2, 0) is 6.42 Å². The number of fused-ring (bicyclic) bond motifs is 1. The topological polar surface area (TPSA) is 53.1 Å². The molecule has 0 saturated heterocycles. The van der Waals surface area contributed by atoms with E-state index < -0.39 is 5.97 Å². The minimum absolute atomic E-state index is 0.0811. The Morgan fingerprint density at radius 2 is 2.27 bits per heavy atom. The summed E-state index contributed by atoms with van der Waals surface area (Å²) in [5.41, 5.74) is 1.14. The van der Waals surface area contributed by atoms with Gasteiger partial charge in [-0.25, -0.2) is 9.18 Å². The second-order valence-electron chi connectivity index (χ2n) is 3.30. The van der Waals surface area contributed by atoms with Crippen LogP contribution in [0.1, 0.15) is 23.0 Å². The van der Waals surface area contributed by atoms with Crippen molar-refractivity contribution < 1.29 is 14.3 Å². The predicted molar refractivity (Wildman–Crippen MR) is 54.6 cm³/mol. The quantitative estimate of drug-likeness (QED) is 0.795. The summed E-state index contributed by atoms with van der Waals surface area (Å²) in [7, 11) is 0. The van der Waals surface area contributed by atoms with Crippen molar-refractivity contribution in [1.82, 2.24) is 4.98 Å². The van der Waals surface area contributed by atoms with Crippen LogP contribution in [0.4, 0.5) is 4.39 Å². The number of aryl methyl sites for hydroxylation is 1. The Labute approximate surface area is 85.5 Å².